The molecule has 1 aliphatic carbocycles. The van der Waals surface area contributed by atoms with Gasteiger partial charge in [-0.3, -0.25) is 4.79 Å². The fraction of sp³-hybridized carbons (Fsp3) is 0.480. The maximum atomic E-state index is 12.3. The van der Waals surface area contributed by atoms with Crippen LogP contribution in [0.3, 0.4) is 0 Å². The number of benzene rings is 2. The summed E-state index contributed by atoms with van der Waals surface area (Å²) in [4.78, 5) is 14.0. The van der Waals surface area contributed by atoms with Crippen LogP contribution < -0.4 is 15.2 Å². The van der Waals surface area contributed by atoms with Crippen molar-refractivity contribution in [2.24, 2.45) is 11.1 Å². The molecule has 0 spiro atoms. The first kappa shape index (κ1) is 21.7. The molecule has 166 valence electrons. The first-order valence-corrected chi connectivity index (χ1v) is 10.9. The third-order valence-corrected chi connectivity index (χ3v) is 7.11. The lowest BCUT2D eigenvalue weighted by molar-refractivity contribution is -0.129. The quantitative estimate of drug-likeness (QED) is 0.744. The molecular weight excluding hydrogens is 392 g/mol. The van der Waals surface area contributed by atoms with Crippen molar-refractivity contribution in [1.29, 1.82) is 0 Å². The molecule has 6 nitrogen and oxygen atoms in total. The number of methoxy groups -OCH3 is 1. The van der Waals surface area contributed by atoms with E-state index in [0.717, 1.165) is 18.4 Å². The van der Waals surface area contributed by atoms with E-state index in [4.69, 9.17) is 15.2 Å². The molecule has 1 fully saturated rings. The van der Waals surface area contributed by atoms with Crippen LogP contribution in [0.15, 0.2) is 42.5 Å². The number of fused-ring (bicyclic) bond motifs is 1. The van der Waals surface area contributed by atoms with E-state index >= 15 is 0 Å². The molecule has 2 aromatic carbocycles. The highest BCUT2D eigenvalue weighted by Crippen LogP contribution is 2.47. The SMILES string of the molecule is COc1ccc([C@@H]2CN(C(=O)CN)C[C@@]2(C)[C@@H](C)O)cc1OC1Cc2ccccc2C1. The van der Waals surface area contributed by atoms with Crippen molar-refractivity contribution in [3.8, 4) is 11.5 Å². The lowest BCUT2D eigenvalue weighted by Crippen LogP contribution is -2.39. The molecule has 6 heteroatoms. The van der Waals surface area contributed by atoms with Crippen LogP contribution in [0.4, 0.5) is 0 Å². The molecular formula is C25H32N2O4. The second-order valence-electron chi connectivity index (χ2n) is 9.04. The van der Waals surface area contributed by atoms with Crippen molar-refractivity contribution in [1.82, 2.24) is 4.90 Å². The summed E-state index contributed by atoms with van der Waals surface area (Å²) in [6, 6.07) is 14.4. The molecule has 3 atom stereocenters. The zero-order valence-electron chi connectivity index (χ0n) is 18.5. The number of amides is 1. The molecule has 1 saturated heterocycles. The van der Waals surface area contributed by atoms with E-state index in [1.165, 1.54) is 11.1 Å². The summed E-state index contributed by atoms with van der Waals surface area (Å²) in [5, 5.41) is 10.6. The van der Waals surface area contributed by atoms with Gasteiger partial charge in [-0.25, -0.2) is 0 Å². The Labute approximate surface area is 184 Å². The number of aliphatic hydroxyl groups excluding tert-OH is 1. The lowest BCUT2D eigenvalue weighted by Gasteiger charge is -2.34. The lowest BCUT2D eigenvalue weighted by atomic mass is 9.72. The Bertz CT molecular complexity index is 935. The minimum atomic E-state index is -0.580. The van der Waals surface area contributed by atoms with Crippen molar-refractivity contribution < 1.29 is 19.4 Å². The minimum absolute atomic E-state index is 0.0260. The second-order valence-corrected chi connectivity index (χ2v) is 9.04. The summed E-state index contributed by atoms with van der Waals surface area (Å²) in [7, 11) is 1.64. The molecule has 31 heavy (non-hydrogen) atoms. The molecule has 0 radical (unpaired) electrons. The highest BCUT2D eigenvalue weighted by atomic mass is 16.5. The maximum Gasteiger partial charge on any atom is 0.236 e. The number of aliphatic hydroxyl groups is 1. The van der Waals surface area contributed by atoms with E-state index in [2.05, 4.69) is 24.3 Å². The van der Waals surface area contributed by atoms with Gasteiger partial charge in [-0.05, 0) is 35.7 Å². The van der Waals surface area contributed by atoms with Gasteiger partial charge in [0, 0.05) is 37.3 Å². The van der Waals surface area contributed by atoms with E-state index in [1.54, 1.807) is 18.9 Å². The van der Waals surface area contributed by atoms with Gasteiger partial charge in [-0.15, -0.1) is 0 Å². The Hall–Kier alpha value is -2.57. The van der Waals surface area contributed by atoms with Crippen LogP contribution in [-0.2, 0) is 17.6 Å². The molecule has 1 aliphatic heterocycles. The van der Waals surface area contributed by atoms with Crippen LogP contribution in [-0.4, -0.2) is 54.9 Å². The van der Waals surface area contributed by atoms with Crippen molar-refractivity contribution in [2.75, 3.05) is 26.7 Å². The van der Waals surface area contributed by atoms with E-state index in [0.29, 0.717) is 24.6 Å². The Kier molecular flexibility index (Phi) is 5.95. The number of likely N-dealkylation sites (tertiary alicyclic amines) is 1. The van der Waals surface area contributed by atoms with E-state index in [-0.39, 0.29) is 24.5 Å². The first-order chi connectivity index (χ1) is 14.9. The van der Waals surface area contributed by atoms with Gasteiger partial charge in [0.1, 0.15) is 6.10 Å². The number of carbonyl (C=O) groups excluding carboxylic acids is 1. The number of ether oxygens (including phenoxy) is 2. The normalized spacial score (nSPS) is 24.2. The molecule has 1 heterocycles. The van der Waals surface area contributed by atoms with Gasteiger partial charge >= 0.3 is 0 Å². The van der Waals surface area contributed by atoms with Gasteiger partial charge in [0.25, 0.3) is 0 Å². The van der Waals surface area contributed by atoms with Crippen molar-refractivity contribution in [3.05, 3.63) is 59.2 Å². The summed E-state index contributed by atoms with van der Waals surface area (Å²) in [6.07, 6.45) is 1.22. The fourth-order valence-corrected chi connectivity index (χ4v) is 5.03. The zero-order chi connectivity index (χ0) is 22.2. The van der Waals surface area contributed by atoms with Gasteiger partial charge in [0.15, 0.2) is 11.5 Å². The molecule has 0 unspecified atom stereocenters. The highest BCUT2D eigenvalue weighted by molar-refractivity contribution is 5.78. The standard InChI is InChI=1S/C25H32N2O4/c1-16(28)25(2)15-27(24(29)13-26)14-21(25)19-8-9-22(30-3)23(12-19)31-20-10-17-6-4-5-7-18(17)11-20/h4-9,12,16,20-21,28H,10-11,13-15,26H2,1-3H3/t16-,21+,25+/m1/s1. The highest BCUT2D eigenvalue weighted by Gasteiger charge is 2.48. The topological polar surface area (TPSA) is 85.0 Å². The zero-order valence-corrected chi connectivity index (χ0v) is 18.5. The Balaban J connectivity index is 1.61. The number of hydrogen-bond donors (Lipinski definition) is 2. The van der Waals surface area contributed by atoms with Crippen LogP contribution in [0.25, 0.3) is 0 Å². The monoisotopic (exact) mass is 424 g/mol. The second kappa shape index (κ2) is 8.52. The summed E-state index contributed by atoms with van der Waals surface area (Å²) in [5.74, 6) is 1.26. The van der Waals surface area contributed by atoms with Gasteiger partial charge in [-0.1, -0.05) is 37.3 Å². The third-order valence-electron chi connectivity index (χ3n) is 7.11. The van der Waals surface area contributed by atoms with Gasteiger partial charge in [0.05, 0.1) is 19.8 Å². The Morgan fingerprint density at radius 2 is 1.90 bits per heavy atom. The summed E-state index contributed by atoms with van der Waals surface area (Å²) < 4.78 is 12.0. The molecule has 2 aromatic rings. The fourth-order valence-electron chi connectivity index (χ4n) is 5.03. The van der Waals surface area contributed by atoms with Gasteiger partial charge in [0.2, 0.25) is 5.91 Å². The smallest absolute Gasteiger partial charge is 0.236 e. The average molecular weight is 425 g/mol. The van der Waals surface area contributed by atoms with Crippen LogP contribution in [0.5, 0.6) is 11.5 Å². The molecule has 0 bridgehead atoms. The minimum Gasteiger partial charge on any atom is -0.493 e. The molecule has 4 rings (SSSR count). The number of hydrogen-bond acceptors (Lipinski definition) is 5. The van der Waals surface area contributed by atoms with Crippen molar-refractivity contribution in [2.45, 2.75) is 44.8 Å². The maximum absolute atomic E-state index is 12.3. The summed E-state index contributed by atoms with van der Waals surface area (Å²) in [5.41, 5.74) is 8.82. The Morgan fingerprint density at radius 3 is 2.48 bits per heavy atom. The molecule has 0 saturated carbocycles. The first-order valence-electron chi connectivity index (χ1n) is 10.9. The van der Waals surface area contributed by atoms with E-state index in [1.807, 2.05) is 25.1 Å². The van der Waals surface area contributed by atoms with Crippen molar-refractivity contribution in [3.63, 3.8) is 0 Å². The van der Waals surface area contributed by atoms with E-state index < -0.39 is 11.5 Å². The molecule has 3 N–H and O–H groups in total. The number of nitrogens with two attached hydrogens (primary N) is 1. The van der Waals surface area contributed by atoms with Crippen molar-refractivity contribution >= 4 is 5.91 Å². The number of carbonyl (C=O) groups is 1. The number of rotatable bonds is 6. The van der Waals surface area contributed by atoms with Crippen LogP contribution in [0.1, 0.15) is 36.5 Å². The average Bonchev–Trinajstić information content (AvgIpc) is 3.34. The molecule has 0 aromatic heterocycles. The predicted molar refractivity (Wildman–Crippen MR) is 119 cm³/mol. The number of nitrogens with zero attached hydrogens (tertiary/aromatic N) is 1. The Morgan fingerprint density at radius 1 is 1.23 bits per heavy atom. The van der Waals surface area contributed by atoms with Crippen LogP contribution in [0, 0.1) is 5.41 Å². The summed E-state index contributed by atoms with van der Waals surface area (Å²) in [6.45, 7) is 4.80. The molecule has 1 amide bonds. The third kappa shape index (κ3) is 4.02. The van der Waals surface area contributed by atoms with Crippen LogP contribution >= 0.6 is 0 Å². The van der Waals surface area contributed by atoms with E-state index in [9.17, 15) is 9.90 Å². The largest absolute Gasteiger partial charge is 0.493 e. The predicted octanol–water partition coefficient (Wildman–Crippen LogP) is 2.51. The van der Waals surface area contributed by atoms with Crippen LogP contribution in [0.2, 0.25) is 0 Å². The molecule has 2 aliphatic rings. The summed E-state index contributed by atoms with van der Waals surface area (Å²) >= 11 is 0. The van der Waals surface area contributed by atoms with Gasteiger partial charge < -0.3 is 25.2 Å². The van der Waals surface area contributed by atoms with Gasteiger partial charge in [-0.2, -0.15) is 0 Å².